The summed E-state index contributed by atoms with van der Waals surface area (Å²) in [5, 5.41) is 3.74. The Morgan fingerprint density at radius 1 is 1.20 bits per heavy atom. The summed E-state index contributed by atoms with van der Waals surface area (Å²) >= 11 is 5.95. The zero-order valence-corrected chi connectivity index (χ0v) is 13.5. The summed E-state index contributed by atoms with van der Waals surface area (Å²) in [6.45, 7) is 5.85. The van der Waals surface area contributed by atoms with Gasteiger partial charge in [-0.15, -0.1) is 0 Å². The lowest BCUT2D eigenvalue weighted by Gasteiger charge is -2.08. The number of nitrogens with zero attached hydrogens (tertiary/aromatic N) is 2. The van der Waals surface area contributed by atoms with Crippen LogP contribution in [0, 0.1) is 5.92 Å². The fraction of sp³-hybridized carbons (Fsp3) is 0.733. The average Bonchev–Trinajstić information content (AvgIpc) is 2.37. The van der Waals surface area contributed by atoms with Gasteiger partial charge in [0.2, 0.25) is 0 Å². The second-order valence-corrected chi connectivity index (χ2v) is 5.84. The van der Waals surface area contributed by atoms with Crippen LogP contribution in [0.2, 0.25) is 5.15 Å². The van der Waals surface area contributed by atoms with Crippen molar-refractivity contribution in [1.29, 1.82) is 0 Å². The van der Waals surface area contributed by atoms with Crippen molar-refractivity contribution in [3.05, 3.63) is 17.0 Å². The number of nitrogens with one attached hydrogen (secondary N) is 1. The van der Waals surface area contributed by atoms with Crippen LogP contribution in [0.4, 0.5) is 5.82 Å². The number of anilines is 1. The molecule has 1 N–H and O–H groups in total. The first-order valence-electron chi connectivity index (χ1n) is 7.38. The van der Waals surface area contributed by atoms with Crippen LogP contribution in [0.25, 0.3) is 0 Å². The lowest BCUT2D eigenvalue weighted by atomic mass is 10.0. The van der Waals surface area contributed by atoms with E-state index in [-0.39, 0.29) is 0 Å². The van der Waals surface area contributed by atoms with Crippen molar-refractivity contribution >= 4 is 17.4 Å². The summed E-state index contributed by atoms with van der Waals surface area (Å²) in [5.74, 6) is 2.20. The van der Waals surface area contributed by atoms with Gasteiger partial charge in [-0.05, 0) is 12.3 Å². The van der Waals surface area contributed by atoms with E-state index in [9.17, 15) is 0 Å². The number of hydrogen-bond donors (Lipinski definition) is 1. The number of ether oxygens (including phenoxy) is 1. The highest BCUT2D eigenvalue weighted by molar-refractivity contribution is 6.29. The molecule has 0 aliphatic heterocycles. The molecule has 0 radical (unpaired) electrons. The summed E-state index contributed by atoms with van der Waals surface area (Å²) in [5.41, 5.74) is 0. The highest BCUT2D eigenvalue weighted by Gasteiger charge is 2.02. The second-order valence-electron chi connectivity index (χ2n) is 5.45. The average molecular weight is 300 g/mol. The Morgan fingerprint density at radius 3 is 2.65 bits per heavy atom. The summed E-state index contributed by atoms with van der Waals surface area (Å²) in [7, 11) is 1.62. The van der Waals surface area contributed by atoms with Crippen LogP contribution >= 0.6 is 11.6 Å². The molecule has 0 unspecified atom stereocenters. The zero-order chi connectivity index (χ0) is 14.8. The van der Waals surface area contributed by atoms with E-state index >= 15 is 0 Å². The Balaban J connectivity index is 2.21. The summed E-state index contributed by atoms with van der Waals surface area (Å²) < 4.78 is 5.02. The SMILES string of the molecule is COCc1nc(Cl)cc(NCCCCCCC(C)C)n1. The van der Waals surface area contributed by atoms with Crippen molar-refractivity contribution in [3.63, 3.8) is 0 Å². The first-order chi connectivity index (χ1) is 9.61. The van der Waals surface area contributed by atoms with Gasteiger partial charge >= 0.3 is 0 Å². The number of hydrogen-bond acceptors (Lipinski definition) is 4. The lowest BCUT2D eigenvalue weighted by molar-refractivity contribution is 0.178. The maximum Gasteiger partial charge on any atom is 0.158 e. The molecule has 0 amide bonds. The molecule has 1 rings (SSSR count). The molecule has 0 atom stereocenters. The molecule has 0 bridgehead atoms. The molecule has 114 valence electrons. The van der Waals surface area contributed by atoms with Crippen molar-refractivity contribution in [3.8, 4) is 0 Å². The van der Waals surface area contributed by atoms with E-state index in [1.165, 1.54) is 25.7 Å². The molecule has 0 aromatic carbocycles. The van der Waals surface area contributed by atoms with E-state index in [1.54, 1.807) is 13.2 Å². The van der Waals surface area contributed by atoms with Crippen molar-refractivity contribution in [2.45, 2.75) is 52.6 Å². The standard InChI is InChI=1S/C15H26ClN3O/c1-12(2)8-6-4-5-7-9-17-14-10-13(16)18-15(19-14)11-20-3/h10,12H,4-9,11H2,1-3H3,(H,17,18,19). The predicted octanol–water partition coefficient (Wildman–Crippen LogP) is 4.29. The van der Waals surface area contributed by atoms with E-state index in [1.807, 2.05) is 0 Å². The third kappa shape index (κ3) is 7.65. The number of methoxy groups -OCH3 is 1. The lowest BCUT2D eigenvalue weighted by Crippen LogP contribution is -2.06. The van der Waals surface area contributed by atoms with Gasteiger partial charge in [0, 0.05) is 19.7 Å². The molecule has 4 nitrogen and oxygen atoms in total. The maximum atomic E-state index is 5.95. The van der Waals surface area contributed by atoms with Crippen molar-refractivity contribution in [2.24, 2.45) is 5.92 Å². The van der Waals surface area contributed by atoms with Crippen LogP contribution in [-0.2, 0) is 11.3 Å². The summed E-state index contributed by atoms with van der Waals surface area (Å²) in [6, 6.07) is 1.75. The molecule has 5 heteroatoms. The normalized spacial score (nSPS) is 11.1. The Morgan fingerprint density at radius 2 is 1.95 bits per heavy atom. The monoisotopic (exact) mass is 299 g/mol. The Hall–Kier alpha value is -0.870. The van der Waals surface area contributed by atoms with Gasteiger partial charge in [-0.1, -0.05) is 51.1 Å². The number of aromatic nitrogens is 2. The second kappa shape index (κ2) is 9.94. The van der Waals surface area contributed by atoms with Gasteiger partial charge in [0.05, 0.1) is 0 Å². The smallest absolute Gasteiger partial charge is 0.158 e. The summed E-state index contributed by atoms with van der Waals surface area (Å²) in [4.78, 5) is 8.45. The maximum absolute atomic E-state index is 5.95. The van der Waals surface area contributed by atoms with Gasteiger partial charge in [-0.2, -0.15) is 0 Å². The van der Waals surface area contributed by atoms with Crippen molar-refractivity contribution in [2.75, 3.05) is 19.0 Å². The minimum Gasteiger partial charge on any atom is -0.377 e. The van der Waals surface area contributed by atoms with Crippen molar-refractivity contribution in [1.82, 2.24) is 9.97 Å². The van der Waals surface area contributed by atoms with Crippen LogP contribution < -0.4 is 5.32 Å². The minimum atomic E-state index is 0.379. The topological polar surface area (TPSA) is 47.0 Å². The third-order valence-corrected chi connectivity index (χ3v) is 3.22. The molecule has 1 heterocycles. The molecule has 1 aromatic rings. The highest BCUT2D eigenvalue weighted by Crippen LogP contribution is 2.13. The van der Waals surface area contributed by atoms with E-state index in [4.69, 9.17) is 16.3 Å². The molecule has 0 saturated carbocycles. The fourth-order valence-electron chi connectivity index (χ4n) is 2.00. The highest BCUT2D eigenvalue weighted by atomic mass is 35.5. The minimum absolute atomic E-state index is 0.379. The van der Waals surface area contributed by atoms with Gasteiger partial charge in [-0.25, -0.2) is 9.97 Å². The molecule has 20 heavy (non-hydrogen) atoms. The number of rotatable bonds is 10. The Bertz CT molecular complexity index is 385. The first-order valence-corrected chi connectivity index (χ1v) is 7.76. The predicted molar refractivity (Wildman–Crippen MR) is 84.2 cm³/mol. The molecular formula is C15H26ClN3O. The van der Waals surface area contributed by atoms with Gasteiger partial charge < -0.3 is 10.1 Å². The molecule has 0 aliphatic rings. The van der Waals surface area contributed by atoms with Crippen LogP contribution in [-0.4, -0.2) is 23.6 Å². The molecular weight excluding hydrogens is 274 g/mol. The van der Waals surface area contributed by atoms with E-state index in [2.05, 4.69) is 29.1 Å². The van der Waals surface area contributed by atoms with Crippen LogP contribution in [0.1, 0.15) is 51.8 Å². The van der Waals surface area contributed by atoms with Gasteiger partial charge in [-0.3, -0.25) is 0 Å². The largest absolute Gasteiger partial charge is 0.377 e. The number of halogens is 1. The quantitative estimate of drug-likeness (QED) is 0.517. The van der Waals surface area contributed by atoms with E-state index < -0.39 is 0 Å². The van der Waals surface area contributed by atoms with Gasteiger partial charge in [0.25, 0.3) is 0 Å². The third-order valence-electron chi connectivity index (χ3n) is 3.03. The number of unbranched alkanes of at least 4 members (excludes halogenated alkanes) is 3. The Kier molecular flexibility index (Phi) is 8.54. The first kappa shape index (κ1) is 17.2. The van der Waals surface area contributed by atoms with Gasteiger partial charge in [0.15, 0.2) is 5.82 Å². The Labute approximate surface area is 127 Å². The van der Waals surface area contributed by atoms with Crippen LogP contribution in [0.15, 0.2) is 6.07 Å². The van der Waals surface area contributed by atoms with Crippen LogP contribution in [0.5, 0.6) is 0 Å². The molecule has 0 fully saturated rings. The molecule has 0 spiro atoms. The zero-order valence-electron chi connectivity index (χ0n) is 12.8. The molecule has 0 saturated heterocycles. The van der Waals surface area contributed by atoms with Crippen LogP contribution in [0.3, 0.4) is 0 Å². The van der Waals surface area contributed by atoms with E-state index in [0.29, 0.717) is 17.6 Å². The van der Waals surface area contributed by atoms with Gasteiger partial charge in [0.1, 0.15) is 17.6 Å². The molecule has 0 aliphatic carbocycles. The fourth-order valence-corrected chi connectivity index (χ4v) is 2.20. The molecule has 1 aromatic heterocycles. The summed E-state index contributed by atoms with van der Waals surface area (Å²) in [6.07, 6.45) is 6.37. The van der Waals surface area contributed by atoms with E-state index in [0.717, 1.165) is 24.7 Å². The van der Waals surface area contributed by atoms with Crippen molar-refractivity contribution < 1.29 is 4.74 Å².